The summed E-state index contributed by atoms with van der Waals surface area (Å²) in [5.74, 6) is 2.36. The Kier molecular flexibility index (Phi) is 7.16. The van der Waals surface area contributed by atoms with Crippen LogP contribution in [-0.4, -0.2) is 55.2 Å². The Morgan fingerprint density at radius 1 is 1.24 bits per heavy atom. The number of nitrogens with zero attached hydrogens (tertiary/aromatic N) is 5. The van der Waals surface area contributed by atoms with Crippen LogP contribution in [0.4, 0.5) is 16.0 Å². The maximum absolute atomic E-state index is 13.5. The molecule has 0 bridgehead atoms. The van der Waals surface area contributed by atoms with Gasteiger partial charge in [-0.15, -0.1) is 0 Å². The first-order valence-electron chi connectivity index (χ1n) is 13.8. The van der Waals surface area contributed by atoms with E-state index in [-0.39, 0.29) is 17.9 Å². The standard InChI is InChI=1S/C29H33FN8O3/c1-17-12-25(37-36-17)34-24-13-23-22(8-11-41-23)27(35-24)19-6-9-29(40-3,10-7-19)28(39)33-18(2)20-4-5-26(31-14-20)38-16-21(30)15-32-38/h4-5,12-16,18-19H,6-11H2,1-3H3,(H,33,39)(H2,34,35,36,37)/t18-,19-,29+/m0/s1. The number of ether oxygens (including phenoxy) is 2. The van der Waals surface area contributed by atoms with Gasteiger partial charge in [-0.25, -0.2) is 19.0 Å². The van der Waals surface area contributed by atoms with Gasteiger partial charge in [0.25, 0.3) is 5.91 Å². The molecule has 6 rings (SSSR count). The number of halogens is 1. The van der Waals surface area contributed by atoms with Gasteiger partial charge in [-0.1, -0.05) is 6.07 Å². The van der Waals surface area contributed by atoms with E-state index in [2.05, 4.69) is 30.9 Å². The number of aryl methyl sites for hydroxylation is 1. The van der Waals surface area contributed by atoms with E-state index < -0.39 is 11.4 Å². The van der Waals surface area contributed by atoms with E-state index in [9.17, 15) is 9.18 Å². The Labute approximate surface area is 236 Å². The Hall–Kier alpha value is -4.32. The number of aromatic amines is 1. The van der Waals surface area contributed by atoms with Gasteiger partial charge in [0.15, 0.2) is 17.5 Å². The van der Waals surface area contributed by atoms with Gasteiger partial charge in [0.05, 0.1) is 30.7 Å². The highest BCUT2D eigenvalue weighted by molar-refractivity contribution is 5.85. The highest BCUT2D eigenvalue weighted by Gasteiger charge is 2.44. The van der Waals surface area contributed by atoms with Crippen molar-refractivity contribution in [1.29, 1.82) is 0 Å². The van der Waals surface area contributed by atoms with E-state index in [0.717, 1.165) is 53.7 Å². The molecule has 1 saturated carbocycles. The molecule has 2 aliphatic rings. The Bertz CT molecular complexity index is 1540. The van der Waals surface area contributed by atoms with Gasteiger partial charge in [0.1, 0.15) is 17.2 Å². The van der Waals surface area contributed by atoms with Crippen molar-refractivity contribution in [2.45, 2.75) is 63.5 Å². The summed E-state index contributed by atoms with van der Waals surface area (Å²) in [5.41, 5.74) is 3.03. The maximum atomic E-state index is 13.5. The molecule has 12 heteroatoms. The van der Waals surface area contributed by atoms with Gasteiger partial charge in [-0.2, -0.15) is 10.2 Å². The van der Waals surface area contributed by atoms with Crippen molar-refractivity contribution >= 4 is 17.5 Å². The van der Waals surface area contributed by atoms with Crippen molar-refractivity contribution in [3.05, 3.63) is 71.2 Å². The predicted octanol–water partition coefficient (Wildman–Crippen LogP) is 4.43. The Balaban J connectivity index is 1.13. The van der Waals surface area contributed by atoms with Crippen LogP contribution in [0.2, 0.25) is 0 Å². The summed E-state index contributed by atoms with van der Waals surface area (Å²) in [4.78, 5) is 22.9. The molecule has 3 N–H and O–H groups in total. The number of anilines is 2. The van der Waals surface area contributed by atoms with E-state index in [1.165, 1.54) is 10.9 Å². The minimum absolute atomic E-state index is 0.144. The topological polar surface area (TPSA) is 132 Å². The summed E-state index contributed by atoms with van der Waals surface area (Å²) in [6, 6.07) is 7.16. The molecule has 214 valence electrons. The second-order valence-corrected chi connectivity index (χ2v) is 10.7. The maximum Gasteiger partial charge on any atom is 0.252 e. The third-order valence-corrected chi connectivity index (χ3v) is 8.08. The summed E-state index contributed by atoms with van der Waals surface area (Å²) in [5, 5.41) is 17.5. The molecule has 0 unspecified atom stereocenters. The summed E-state index contributed by atoms with van der Waals surface area (Å²) < 4.78 is 26.5. The third kappa shape index (κ3) is 5.39. The minimum Gasteiger partial charge on any atom is -0.493 e. The highest BCUT2D eigenvalue weighted by atomic mass is 19.1. The first-order valence-corrected chi connectivity index (χ1v) is 13.8. The number of methoxy groups -OCH3 is 1. The van der Waals surface area contributed by atoms with E-state index in [0.29, 0.717) is 36.9 Å². The summed E-state index contributed by atoms with van der Waals surface area (Å²) in [6.45, 7) is 4.49. The number of fused-ring (bicyclic) bond motifs is 1. The molecule has 4 aromatic heterocycles. The molecule has 11 nitrogen and oxygen atoms in total. The van der Waals surface area contributed by atoms with E-state index in [1.54, 1.807) is 19.4 Å². The first kappa shape index (κ1) is 26.9. The van der Waals surface area contributed by atoms with Gasteiger partial charge < -0.3 is 20.1 Å². The zero-order valence-electron chi connectivity index (χ0n) is 23.3. The molecular formula is C29H33FN8O3. The molecule has 1 fully saturated rings. The van der Waals surface area contributed by atoms with Gasteiger partial charge in [-0.05, 0) is 51.2 Å². The fraction of sp³-hybridized carbons (Fsp3) is 0.414. The number of amides is 1. The molecule has 0 spiro atoms. The van der Waals surface area contributed by atoms with Crippen LogP contribution in [0.15, 0.2) is 42.9 Å². The predicted molar refractivity (Wildman–Crippen MR) is 149 cm³/mol. The quantitative estimate of drug-likeness (QED) is 0.288. The molecule has 0 aromatic carbocycles. The van der Waals surface area contributed by atoms with Crippen LogP contribution in [0, 0.1) is 12.7 Å². The van der Waals surface area contributed by atoms with Crippen molar-refractivity contribution in [3.63, 3.8) is 0 Å². The number of H-pyrrole nitrogens is 1. The average Bonchev–Trinajstić information content (AvgIpc) is 3.74. The lowest BCUT2D eigenvalue weighted by molar-refractivity contribution is -0.148. The van der Waals surface area contributed by atoms with Crippen LogP contribution in [0.1, 0.15) is 67.1 Å². The van der Waals surface area contributed by atoms with Crippen LogP contribution < -0.4 is 15.4 Å². The van der Waals surface area contributed by atoms with Crippen LogP contribution >= 0.6 is 0 Å². The number of nitrogens with one attached hydrogen (secondary N) is 3. The number of carbonyl (C=O) groups excluding carboxylic acids is 1. The zero-order valence-corrected chi connectivity index (χ0v) is 23.3. The van der Waals surface area contributed by atoms with Crippen LogP contribution in [-0.2, 0) is 16.0 Å². The van der Waals surface area contributed by atoms with Gasteiger partial charge in [0.2, 0.25) is 0 Å². The number of hydrogen-bond acceptors (Lipinski definition) is 8. The number of hydrogen-bond donors (Lipinski definition) is 3. The van der Waals surface area contributed by atoms with E-state index >= 15 is 0 Å². The van der Waals surface area contributed by atoms with E-state index in [1.807, 2.05) is 32.0 Å². The number of pyridine rings is 2. The SMILES string of the molecule is CO[C@]1(C(=O)N[C@@H](C)c2ccc(-n3cc(F)cn3)nc2)CC[C@H](c2nc(Nc3cc(C)[nH]n3)cc3c2CCO3)CC1. The molecule has 1 amide bonds. The minimum atomic E-state index is -0.924. The lowest BCUT2D eigenvalue weighted by atomic mass is 9.75. The summed E-state index contributed by atoms with van der Waals surface area (Å²) in [7, 11) is 1.60. The molecule has 0 radical (unpaired) electrons. The molecule has 1 atom stereocenters. The highest BCUT2D eigenvalue weighted by Crippen LogP contribution is 2.44. The molecule has 1 aliphatic carbocycles. The normalized spacial score (nSPS) is 20.7. The van der Waals surface area contributed by atoms with Crippen LogP contribution in [0.25, 0.3) is 5.82 Å². The van der Waals surface area contributed by atoms with Crippen molar-refractivity contribution in [1.82, 2.24) is 35.3 Å². The lowest BCUT2D eigenvalue weighted by Gasteiger charge is -2.38. The van der Waals surface area contributed by atoms with Crippen molar-refractivity contribution in [3.8, 4) is 11.6 Å². The summed E-state index contributed by atoms with van der Waals surface area (Å²) in [6.07, 6.45) is 7.54. The van der Waals surface area contributed by atoms with Gasteiger partial charge >= 0.3 is 0 Å². The Morgan fingerprint density at radius 3 is 2.73 bits per heavy atom. The van der Waals surface area contributed by atoms with Crippen molar-refractivity contribution < 1.29 is 18.7 Å². The fourth-order valence-corrected chi connectivity index (χ4v) is 5.73. The monoisotopic (exact) mass is 560 g/mol. The number of aromatic nitrogens is 6. The smallest absolute Gasteiger partial charge is 0.252 e. The molecular weight excluding hydrogens is 527 g/mol. The fourth-order valence-electron chi connectivity index (χ4n) is 5.73. The average molecular weight is 561 g/mol. The largest absolute Gasteiger partial charge is 0.493 e. The molecule has 0 saturated heterocycles. The van der Waals surface area contributed by atoms with Gasteiger partial charge in [0, 0.05) is 49.0 Å². The Morgan fingerprint density at radius 2 is 2.07 bits per heavy atom. The van der Waals surface area contributed by atoms with Crippen molar-refractivity contribution in [2.75, 3.05) is 19.0 Å². The number of rotatable bonds is 8. The lowest BCUT2D eigenvalue weighted by Crippen LogP contribution is -2.50. The molecule has 4 aromatic rings. The molecule has 5 heterocycles. The number of carbonyl (C=O) groups is 1. The van der Waals surface area contributed by atoms with E-state index in [4.69, 9.17) is 14.5 Å². The zero-order chi connectivity index (χ0) is 28.6. The second-order valence-electron chi connectivity index (χ2n) is 10.7. The first-order chi connectivity index (χ1) is 19.8. The van der Waals surface area contributed by atoms with Crippen LogP contribution in [0.3, 0.4) is 0 Å². The third-order valence-electron chi connectivity index (χ3n) is 8.08. The molecule has 41 heavy (non-hydrogen) atoms. The van der Waals surface area contributed by atoms with Gasteiger partial charge in [-0.3, -0.25) is 9.89 Å². The molecule has 1 aliphatic heterocycles. The van der Waals surface area contributed by atoms with Crippen molar-refractivity contribution in [2.24, 2.45) is 0 Å². The second kappa shape index (κ2) is 10.9. The van der Waals surface area contributed by atoms with Crippen LogP contribution in [0.5, 0.6) is 5.75 Å². The summed E-state index contributed by atoms with van der Waals surface area (Å²) >= 11 is 0.